The second-order valence-electron chi connectivity index (χ2n) is 12.3. The van der Waals surface area contributed by atoms with Gasteiger partial charge in [0.05, 0.1) is 24.0 Å². The molecule has 0 amide bonds. The fraction of sp³-hybridized carbons (Fsp3) is 0.657. The maximum Gasteiger partial charge on any atom is 0.103 e. The van der Waals surface area contributed by atoms with Gasteiger partial charge >= 0.3 is 0 Å². The molecule has 238 valence electrons. The Kier molecular flexibility index (Phi) is 15.9. The van der Waals surface area contributed by atoms with Gasteiger partial charge in [-0.05, 0) is 53.4 Å². The van der Waals surface area contributed by atoms with Crippen LogP contribution in [0.5, 0.6) is 0 Å². The van der Waals surface area contributed by atoms with Crippen molar-refractivity contribution in [3.8, 4) is 0 Å². The topological polar surface area (TPSA) is 115 Å². The van der Waals surface area contributed by atoms with Gasteiger partial charge in [-0.1, -0.05) is 84.0 Å². The molecule has 0 bridgehead atoms. The minimum atomic E-state index is 0.770. The lowest BCUT2D eigenvalue weighted by Gasteiger charge is -2.19. The lowest BCUT2D eigenvalue weighted by Crippen LogP contribution is -2.04. The Morgan fingerprint density at radius 2 is 1.19 bits per heavy atom. The van der Waals surface area contributed by atoms with Crippen molar-refractivity contribution in [1.82, 2.24) is 39.9 Å². The van der Waals surface area contributed by atoms with Crippen LogP contribution in [0.4, 0.5) is 0 Å². The first-order chi connectivity index (χ1) is 21.0. The third-order valence-electron chi connectivity index (χ3n) is 8.46. The number of aryl methyl sites for hydroxylation is 5. The molecule has 1 saturated carbocycles. The number of imidazole rings is 4. The average Bonchev–Trinajstić information content (AvgIpc) is 3.82. The Labute approximate surface area is 260 Å². The Morgan fingerprint density at radius 3 is 1.65 bits per heavy atom. The summed E-state index contributed by atoms with van der Waals surface area (Å²) in [7, 11) is 0. The highest BCUT2D eigenvalue weighted by atomic mass is 15.0. The van der Waals surface area contributed by atoms with Gasteiger partial charge < -0.3 is 19.9 Å². The van der Waals surface area contributed by atoms with Crippen molar-refractivity contribution in [3.05, 3.63) is 70.9 Å². The summed E-state index contributed by atoms with van der Waals surface area (Å²) < 4.78 is 0. The largest absolute Gasteiger partial charge is 0.348 e. The number of aromatic nitrogens is 8. The summed E-state index contributed by atoms with van der Waals surface area (Å²) in [6.07, 6.45) is 30.4. The summed E-state index contributed by atoms with van der Waals surface area (Å²) in [6, 6.07) is 0. The molecule has 0 unspecified atom stereocenters. The van der Waals surface area contributed by atoms with Crippen molar-refractivity contribution in [2.45, 2.75) is 150 Å². The molecule has 4 N–H and O–H groups in total. The van der Waals surface area contributed by atoms with E-state index < -0.39 is 0 Å². The van der Waals surface area contributed by atoms with Crippen molar-refractivity contribution >= 4 is 0 Å². The molecule has 8 nitrogen and oxygen atoms in total. The van der Waals surface area contributed by atoms with Crippen molar-refractivity contribution in [3.63, 3.8) is 0 Å². The van der Waals surface area contributed by atoms with Gasteiger partial charge in [0.2, 0.25) is 0 Å². The van der Waals surface area contributed by atoms with Crippen LogP contribution in [-0.2, 0) is 12.8 Å². The van der Waals surface area contributed by atoms with Crippen LogP contribution >= 0.6 is 0 Å². The standard InChI is InChI=1S/C15H28N2.C11H16N4.C9H14N2/c1-2-3-4-5-6-7-8-9-10-11-12-15-13-16-14-17-15;1-6-10(14-8(3)12-6)5-11-7(2)13-9(4)15-11;1-2-4-8(5-3-1)9-6-10-7-11-9/h13-14H,2-12H2,1H3,(H,16,17);5H2,1-4H3,(H,12,14)(H,13,15);6-8H,1-5H2,(H,10,11). The highest BCUT2D eigenvalue weighted by Gasteiger charge is 2.15. The van der Waals surface area contributed by atoms with E-state index in [1.807, 2.05) is 40.1 Å². The Bertz CT molecular complexity index is 1170. The van der Waals surface area contributed by atoms with Gasteiger partial charge in [-0.15, -0.1) is 0 Å². The van der Waals surface area contributed by atoms with Crippen LogP contribution in [-0.4, -0.2) is 39.9 Å². The van der Waals surface area contributed by atoms with Crippen LogP contribution in [0.2, 0.25) is 0 Å². The summed E-state index contributed by atoms with van der Waals surface area (Å²) in [6.45, 7) is 10.3. The third-order valence-corrected chi connectivity index (χ3v) is 8.46. The van der Waals surface area contributed by atoms with E-state index in [1.54, 1.807) is 12.7 Å². The number of nitrogens with zero attached hydrogens (tertiary/aromatic N) is 4. The van der Waals surface area contributed by atoms with E-state index >= 15 is 0 Å². The quantitative estimate of drug-likeness (QED) is 0.110. The lowest BCUT2D eigenvalue weighted by atomic mass is 9.87. The molecular weight excluding hydrogens is 532 g/mol. The zero-order chi connectivity index (χ0) is 30.7. The third kappa shape index (κ3) is 13.3. The molecule has 5 rings (SSSR count). The Balaban J connectivity index is 0.000000180. The maximum atomic E-state index is 4.45. The SMILES string of the molecule is CCCCCCCCCCCCc1cnc[nH]1.Cc1nc(Cc2nc(C)[nH]c2C)c(C)[nH]1.c1ncc(C2CCCCC2)[nH]1. The zero-order valence-corrected chi connectivity index (χ0v) is 27.7. The molecule has 0 atom stereocenters. The molecule has 1 aliphatic rings. The molecular formula is C35H58N8. The molecule has 4 aromatic heterocycles. The molecule has 0 radical (unpaired) electrons. The fourth-order valence-electron chi connectivity index (χ4n) is 5.95. The highest BCUT2D eigenvalue weighted by molar-refractivity contribution is 5.23. The van der Waals surface area contributed by atoms with E-state index in [1.165, 1.54) is 108 Å². The van der Waals surface area contributed by atoms with E-state index in [4.69, 9.17) is 0 Å². The summed E-state index contributed by atoms with van der Waals surface area (Å²) in [5.41, 5.74) is 7.05. The van der Waals surface area contributed by atoms with E-state index in [0.29, 0.717) is 0 Å². The first-order valence-corrected chi connectivity index (χ1v) is 17.0. The first-order valence-electron chi connectivity index (χ1n) is 17.0. The summed E-state index contributed by atoms with van der Waals surface area (Å²) in [5, 5.41) is 0. The number of nitrogens with one attached hydrogen (secondary N) is 4. The molecule has 43 heavy (non-hydrogen) atoms. The minimum absolute atomic E-state index is 0.770. The molecule has 0 aromatic carbocycles. The van der Waals surface area contributed by atoms with Crippen molar-refractivity contribution < 1.29 is 0 Å². The molecule has 4 heterocycles. The number of H-pyrrole nitrogens is 4. The Morgan fingerprint density at radius 1 is 0.651 bits per heavy atom. The second kappa shape index (κ2) is 19.9. The number of hydrogen-bond donors (Lipinski definition) is 4. The smallest absolute Gasteiger partial charge is 0.103 e. The van der Waals surface area contributed by atoms with Gasteiger partial charge in [0.25, 0.3) is 0 Å². The molecule has 0 saturated heterocycles. The predicted octanol–water partition coefficient (Wildman–Crippen LogP) is 9.29. The summed E-state index contributed by atoms with van der Waals surface area (Å²) >= 11 is 0. The van der Waals surface area contributed by atoms with Gasteiger partial charge in [0.1, 0.15) is 11.6 Å². The van der Waals surface area contributed by atoms with Gasteiger partial charge in [-0.3, -0.25) is 0 Å². The van der Waals surface area contributed by atoms with Crippen LogP contribution in [0.3, 0.4) is 0 Å². The van der Waals surface area contributed by atoms with Gasteiger partial charge in [-0.2, -0.15) is 0 Å². The van der Waals surface area contributed by atoms with Gasteiger partial charge in [-0.25, -0.2) is 19.9 Å². The van der Waals surface area contributed by atoms with Gasteiger partial charge in [0.15, 0.2) is 0 Å². The first kappa shape index (κ1) is 34.3. The van der Waals surface area contributed by atoms with Crippen molar-refractivity contribution in [1.29, 1.82) is 0 Å². The average molecular weight is 591 g/mol. The lowest BCUT2D eigenvalue weighted by molar-refractivity contribution is 0.437. The Hall–Kier alpha value is -3.16. The predicted molar refractivity (Wildman–Crippen MR) is 177 cm³/mol. The monoisotopic (exact) mass is 590 g/mol. The van der Waals surface area contributed by atoms with Crippen LogP contribution in [0.1, 0.15) is 155 Å². The molecule has 8 heteroatoms. The van der Waals surface area contributed by atoms with Crippen LogP contribution in [0.25, 0.3) is 0 Å². The van der Waals surface area contributed by atoms with E-state index in [9.17, 15) is 0 Å². The summed E-state index contributed by atoms with van der Waals surface area (Å²) in [4.78, 5) is 29.7. The molecule has 1 aliphatic carbocycles. The van der Waals surface area contributed by atoms with Gasteiger partial charge in [0, 0.05) is 47.5 Å². The zero-order valence-electron chi connectivity index (χ0n) is 27.7. The number of rotatable bonds is 14. The second-order valence-corrected chi connectivity index (χ2v) is 12.3. The number of unbranched alkanes of at least 4 members (excludes halogenated alkanes) is 9. The molecule has 4 aromatic rings. The minimum Gasteiger partial charge on any atom is -0.348 e. The van der Waals surface area contributed by atoms with Crippen molar-refractivity contribution in [2.24, 2.45) is 0 Å². The van der Waals surface area contributed by atoms with Crippen LogP contribution in [0, 0.1) is 27.7 Å². The van der Waals surface area contributed by atoms with E-state index in [2.05, 4.69) is 46.8 Å². The molecule has 1 fully saturated rings. The van der Waals surface area contributed by atoms with Crippen LogP contribution < -0.4 is 0 Å². The number of aromatic amines is 4. The fourth-order valence-corrected chi connectivity index (χ4v) is 5.95. The number of hydrogen-bond acceptors (Lipinski definition) is 4. The molecule has 0 spiro atoms. The van der Waals surface area contributed by atoms with Crippen molar-refractivity contribution in [2.75, 3.05) is 0 Å². The maximum absolute atomic E-state index is 4.45. The van der Waals surface area contributed by atoms with E-state index in [0.717, 1.165) is 53.2 Å². The molecule has 0 aliphatic heterocycles. The van der Waals surface area contributed by atoms with E-state index in [-0.39, 0.29) is 0 Å². The highest BCUT2D eigenvalue weighted by Crippen LogP contribution is 2.30. The summed E-state index contributed by atoms with van der Waals surface area (Å²) in [5.74, 6) is 2.70. The normalized spacial score (nSPS) is 13.3. The van der Waals surface area contributed by atoms with Crippen LogP contribution in [0.15, 0.2) is 25.0 Å².